The number of fused-ring (bicyclic) bond motifs is 1. The molecular weight excluding hydrogens is 384 g/mol. The van der Waals surface area contributed by atoms with Crippen molar-refractivity contribution in [2.45, 2.75) is 36.3 Å². The summed E-state index contributed by atoms with van der Waals surface area (Å²) in [5, 5.41) is 11.1. The molecule has 3 aromatic rings. The Balaban J connectivity index is 1.64. The SMILES string of the molecule is O=S1(=O)c2ccccc2C(O)C(Cc2cccnc2)N1CCCc1ccccc1. The number of aliphatic hydroxyl groups excluding tert-OH is 1. The smallest absolute Gasteiger partial charge is 0.243 e. The van der Waals surface area contributed by atoms with Gasteiger partial charge in [-0.1, -0.05) is 54.6 Å². The summed E-state index contributed by atoms with van der Waals surface area (Å²) < 4.78 is 28.3. The van der Waals surface area contributed by atoms with Gasteiger partial charge in [0, 0.05) is 24.5 Å². The highest BCUT2D eigenvalue weighted by molar-refractivity contribution is 7.89. The number of sulfonamides is 1. The van der Waals surface area contributed by atoms with Gasteiger partial charge in [0.2, 0.25) is 10.0 Å². The summed E-state index contributed by atoms with van der Waals surface area (Å²) >= 11 is 0. The normalized spacial score (nSPS) is 20.9. The molecule has 2 unspecified atom stereocenters. The van der Waals surface area contributed by atoms with Gasteiger partial charge in [0.05, 0.1) is 17.0 Å². The van der Waals surface area contributed by atoms with Crippen molar-refractivity contribution in [2.24, 2.45) is 0 Å². The largest absolute Gasteiger partial charge is 0.387 e. The molecule has 1 aliphatic rings. The average Bonchev–Trinajstić information content (AvgIpc) is 2.75. The topological polar surface area (TPSA) is 70.5 Å². The molecule has 0 spiro atoms. The Morgan fingerprint density at radius 1 is 0.931 bits per heavy atom. The highest BCUT2D eigenvalue weighted by Gasteiger charge is 2.43. The van der Waals surface area contributed by atoms with Crippen molar-refractivity contribution in [2.75, 3.05) is 6.54 Å². The first kappa shape index (κ1) is 19.8. The van der Waals surface area contributed by atoms with Crippen LogP contribution in [0.4, 0.5) is 0 Å². The van der Waals surface area contributed by atoms with Gasteiger partial charge in [-0.2, -0.15) is 4.31 Å². The van der Waals surface area contributed by atoms with Crippen LogP contribution >= 0.6 is 0 Å². The molecule has 0 saturated carbocycles. The summed E-state index contributed by atoms with van der Waals surface area (Å²) in [5.74, 6) is 0. The van der Waals surface area contributed by atoms with Crippen molar-refractivity contribution in [3.63, 3.8) is 0 Å². The third-order valence-electron chi connectivity index (χ3n) is 5.41. The predicted octanol–water partition coefficient (Wildman–Crippen LogP) is 3.36. The van der Waals surface area contributed by atoms with Crippen molar-refractivity contribution in [3.8, 4) is 0 Å². The summed E-state index contributed by atoms with van der Waals surface area (Å²) in [4.78, 5) is 4.34. The lowest BCUT2D eigenvalue weighted by Crippen LogP contribution is -2.49. The van der Waals surface area contributed by atoms with Crippen molar-refractivity contribution >= 4 is 10.0 Å². The Morgan fingerprint density at radius 2 is 1.66 bits per heavy atom. The zero-order valence-corrected chi connectivity index (χ0v) is 16.9. The van der Waals surface area contributed by atoms with Gasteiger partial charge < -0.3 is 5.11 Å². The fraction of sp³-hybridized carbons (Fsp3) is 0.261. The van der Waals surface area contributed by atoms with Crippen LogP contribution in [-0.4, -0.2) is 35.4 Å². The molecular formula is C23H24N2O3S. The van der Waals surface area contributed by atoms with Crippen LogP contribution in [0.25, 0.3) is 0 Å². The van der Waals surface area contributed by atoms with E-state index in [2.05, 4.69) is 4.98 Å². The van der Waals surface area contributed by atoms with E-state index < -0.39 is 22.2 Å². The quantitative estimate of drug-likeness (QED) is 0.679. The van der Waals surface area contributed by atoms with Gasteiger partial charge in [0.15, 0.2) is 0 Å². The maximum Gasteiger partial charge on any atom is 0.243 e. The fourth-order valence-electron chi connectivity index (χ4n) is 3.97. The van der Waals surface area contributed by atoms with Crippen LogP contribution in [0, 0.1) is 0 Å². The van der Waals surface area contributed by atoms with Gasteiger partial charge in [-0.3, -0.25) is 4.98 Å². The van der Waals surface area contributed by atoms with Crippen LogP contribution < -0.4 is 0 Å². The maximum absolute atomic E-state index is 13.4. The second-order valence-corrected chi connectivity index (χ2v) is 9.18. The lowest BCUT2D eigenvalue weighted by molar-refractivity contribution is 0.0792. The second-order valence-electron chi connectivity index (χ2n) is 7.32. The molecule has 0 fully saturated rings. The van der Waals surface area contributed by atoms with Crippen molar-refractivity contribution in [1.29, 1.82) is 0 Å². The molecule has 0 radical (unpaired) electrons. The lowest BCUT2D eigenvalue weighted by atomic mass is 9.96. The number of aromatic nitrogens is 1. The first-order valence-electron chi connectivity index (χ1n) is 9.79. The lowest BCUT2D eigenvalue weighted by Gasteiger charge is -2.39. The number of nitrogens with zero attached hydrogens (tertiary/aromatic N) is 2. The Bertz CT molecular complexity index is 1060. The van der Waals surface area contributed by atoms with Gasteiger partial charge in [0.25, 0.3) is 0 Å². The number of aliphatic hydroxyl groups is 1. The Kier molecular flexibility index (Phi) is 5.76. The van der Waals surface area contributed by atoms with E-state index in [-0.39, 0.29) is 4.90 Å². The van der Waals surface area contributed by atoms with Gasteiger partial charge in [-0.15, -0.1) is 0 Å². The minimum atomic E-state index is -3.69. The van der Waals surface area contributed by atoms with Crippen LogP contribution in [0.3, 0.4) is 0 Å². The van der Waals surface area contributed by atoms with Crippen LogP contribution in [0.1, 0.15) is 29.2 Å². The zero-order valence-electron chi connectivity index (χ0n) is 16.1. The standard InChI is InChI=1S/C23H24N2O3S/c26-23-20-12-4-5-13-22(20)29(27,28)25(15-7-11-18-8-2-1-3-9-18)21(23)16-19-10-6-14-24-17-19/h1-6,8-10,12-14,17,21,23,26H,7,11,15-16H2. The van der Waals surface area contributed by atoms with Crippen LogP contribution in [-0.2, 0) is 22.9 Å². The number of hydrogen-bond donors (Lipinski definition) is 1. The second kappa shape index (κ2) is 8.45. The van der Waals surface area contributed by atoms with Crippen molar-refractivity contribution in [3.05, 3.63) is 95.8 Å². The summed E-state index contributed by atoms with van der Waals surface area (Å²) in [6.45, 7) is 0.355. The first-order chi connectivity index (χ1) is 14.1. The molecule has 0 saturated heterocycles. The van der Waals surface area contributed by atoms with E-state index in [0.29, 0.717) is 24.9 Å². The molecule has 2 atom stereocenters. The van der Waals surface area contributed by atoms with E-state index >= 15 is 0 Å². The average molecular weight is 409 g/mol. The third-order valence-corrected chi connectivity index (χ3v) is 7.41. The molecule has 4 rings (SSSR count). The Labute approximate surface area is 171 Å². The minimum absolute atomic E-state index is 0.203. The van der Waals surface area contributed by atoms with E-state index in [0.717, 1.165) is 12.0 Å². The summed E-state index contributed by atoms with van der Waals surface area (Å²) in [6.07, 6.45) is 4.40. The Hall–Kier alpha value is -2.54. The van der Waals surface area contributed by atoms with E-state index in [1.54, 1.807) is 36.7 Å². The molecule has 2 heterocycles. The molecule has 5 nitrogen and oxygen atoms in total. The molecule has 150 valence electrons. The monoisotopic (exact) mass is 408 g/mol. The first-order valence-corrected chi connectivity index (χ1v) is 11.2. The van der Waals surface area contributed by atoms with Gasteiger partial charge >= 0.3 is 0 Å². The van der Waals surface area contributed by atoms with E-state index in [1.165, 1.54) is 9.87 Å². The molecule has 0 aliphatic carbocycles. The van der Waals surface area contributed by atoms with Gasteiger partial charge in [-0.05, 0) is 42.5 Å². The molecule has 0 bridgehead atoms. The third kappa shape index (κ3) is 4.10. The number of hydrogen-bond acceptors (Lipinski definition) is 4. The zero-order chi connectivity index (χ0) is 20.3. The highest BCUT2D eigenvalue weighted by atomic mass is 32.2. The fourth-order valence-corrected chi connectivity index (χ4v) is 5.88. The van der Waals surface area contributed by atoms with Gasteiger partial charge in [0.1, 0.15) is 0 Å². The Morgan fingerprint density at radius 3 is 2.41 bits per heavy atom. The van der Waals surface area contributed by atoms with Crippen molar-refractivity contribution < 1.29 is 13.5 Å². The molecule has 6 heteroatoms. The van der Waals surface area contributed by atoms with Crippen LogP contribution in [0.2, 0.25) is 0 Å². The number of aryl methyl sites for hydroxylation is 1. The molecule has 1 aliphatic heterocycles. The minimum Gasteiger partial charge on any atom is -0.387 e. The molecule has 2 aromatic carbocycles. The molecule has 0 amide bonds. The number of pyridine rings is 1. The van der Waals surface area contributed by atoms with E-state index in [1.807, 2.05) is 42.5 Å². The highest BCUT2D eigenvalue weighted by Crippen LogP contribution is 2.38. The molecule has 1 aromatic heterocycles. The summed E-state index contributed by atoms with van der Waals surface area (Å²) in [6, 6.07) is 20.0. The van der Waals surface area contributed by atoms with Crippen LogP contribution in [0.5, 0.6) is 0 Å². The number of rotatable bonds is 6. The van der Waals surface area contributed by atoms with E-state index in [4.69, 9.17) is 0 Å². The van der Waals surface area contributed by atoms with Crippen molar-refractivity contribution in [1.82, 2.24) is 9.29 Å². The maximum atomic E-state index is 13.4. The number of benzene rings is 2. The summed E-state index contributed by atoms with van der Waals surface area (Å²) in [7, 11) is -3.69. The van der Waals surface area contributed by atoms with Gasteiger partial charge in [-0.25, -0.2) is 8.42 Å². The summed E-state index contributed by atoms with van der Waals surface area (Å²) in [5.41, 5.74) is 2.55. The van der Waals surface area contributed by atoms with E-state index in [9.17, 15) is 13.5 Å². The van der Waals surface area contributed by atoms with Crippen LogP contribution in [0.15, 0.2) is 84.0 Å². The predicted molar refractivity (Wildman–Crippen MR) is 112 cm³/mol. The molecule has 29 heavy (non-hydrogen) atoms. The molecule has 1 N–H and O–H groups in total.